The number of oxime groups is 1. The van der Waals surface area contributed by atoms with Gasteiger partial charge in [0, 0.05) is 5.92 Å². The molecule has 104 valence electrons. The van der Waals surface area contributed by atoms with Gasteiger partial charge in [0.2, 0.25) is 0 Å². The summed E-state index contributed by atoms with van der Waals surface area (Å²) in [5, 5.41) is 4.17. The van der Waals surface area contributed by atoms with Crippen molar-refractivity contribution in [2.75, 3.05) is 0 Å². The lowest BCUT2D eigenvalue weighted by Gasteiger charge is -2.30. The first-order valence-corrected chi connectivity index (χ1v) is 7.00. The molecule has 0 aromatic heterocycles. The fraction of sp³-hybridized carbons (Fsp3) is 0.867. The van der Waals surface area contributed by atoms with E-state index in [9.17, 15) is 4.79 Å². The Hall–Kier alpha value is -0.860. The number of hydrogen-bond donors (Lipinski definition) is 0. The van der Waals surface area contributed by atoms with Crippen LogP contribution in [0.5, 0.6) is 0 Å². The molecule has 3 heteroatoms. The van der Waals surface area contributed by atoms with E-state index in [1.54, 1.807) is 0 Å². The summed E-state index contributed by atoms with van der Waals surface area (Å²) in [7, 11) is 0. The maximum absolute atomic E-state index is 11.7. The summed E-state index contributed by atoms with van der Waals surface area (Å²) in [6.07, 6.45) is 3.36. The Morgan fingerprint density at radius 3 is 2.44 bits per heavy atom. The van der Waals surface area contributed by atoms with Crippen molar-refractivity contribution in [3.8, 4) is 0 Å². The maximum atomic E-state index is 11.7. The van der Waals surface area contributed by atoms with Crippen LogP contribution in [-0.2, 0) is 9.63 Å². The highest BCUT2D eigenvalue weighted by molar-refractivity contribution is 5.88. The molecule has 0 aliphatic heterocycles. The van der Waals surface area contributed by atoms with Gasteiger partial charge in [0.05, 0.1) is 11.1 Å². The number of hydrogen-bond acceptors (Lipinski definition) is 3. The summed E-state index contributed by atoms with van der Waals surface area (Å²) >= 11 is 0. The molecule has 0 saturated heterocycles. The molecule has 1 saturated carbocycles. The first-order valence-electron chi connectivity index (χ1n) is 7.00. The Morgan fingerprint density at radius 2 is 1.94 bits per heavy atom. The summed E-state index contributed by atoms with van der Waals surface area (Å²) in [4.78, 5) is 16.9. The summed E-state index contributed by atoms with van der Waals surface area (Å²) in [6, 6.07) is 0. The van der Waals surface area contributed by atoms with E-state index in [2.05, 4.69) is 25.9 Å². The van der Waals surface area contributed by atoms with Crippen molar-refractivity contribution < 1.29 is 9.63 Å². The Morgan fingerprint density at radius 1 is 1.33 bits per heavy atom. The zero-order valence-corrected chi connectivity index (χ0v) is 12.6. The zero-order chi connectivity index (χ0) is 13.9. The molecule has 3 nitrogen and oxygen atoms in total. The average molecular weight is 253 g/mol. The highest BCUT2D eigenvalue weighted by Gasteiger charge is 2.29. The molecule has 1 fully saturated rings. The molecule has 0 aromatic rings. The minimum Gasteiger partial charge on any atom is -0.318 e. The number of rotatable bonds is 2. The fourth-order valence-corrected chi connectivity index (χ4v) is 2.30. The van der Waals surface area contributed by atoms with E-state index in [0.29, 0.717) is 17.8 Å². The van der Waals surface area contributed by atoms with E-state index in [1.165, 1.54) is 6.42 Å². The second kappa shape index (κ2) is 5.85. The van der Waals surface area contributed by atoms with Crippen LogP contribution in [0.1, 0.15) is 60.8 Å². The molecule has 0 heterocycles. The summed E-state index contributed by atoms with van der Waals surface area (Å²) in [6.45, 7) is 12.2. The Labute approximate surface area is 111 Å². The molecule has 0 spiro atoms. The van der Waals surface area contributed by atoms with Crippen molar-refractivity contribution in [2.45, 2.75) is 60.8 Å². The van der Waals surface area contributed by atoms with E-state index in [1.807, 2.05) is 20.8 Å². The molecule has 0 bridgehead atoms. The minimum absolute atomic E-state index is 0.254. The van der Waals surface area contributed by atoms with Crippen molar-refractivity contribution in [3.05, 3.63) is 0 Å². The van der Waals surface area contributed by atoms with E-state index in [0.717, 1.165) is 18.6 Å². The van der Waals surface area contributed by atoms with Crippen LogP contribution in [-0.4, -0.2) is 11.7 Å². The SMILES string of the molecule is CC(C)[C@@H]1CC[C@@H](C)C/C1=N\OC(=O)C(C)(C)C. The van der Waals surface area contributed by atoms with Crippen molar-refractivity contribution in [3.63, 3.8) is 0 Å². The monoisotopic (exact) mass is 253 g/mol. The van der Waals surface area contributed by atoms with Crippen LogP contribution in [0.2, 0.25) is 0 Å². The second-order valence-corrected chi connectivity index (χ2v) is 6.95. The number of carbonyl (C=O) groups excluding carboxylic acids is 1. The van der Waals surface area contributed by atoms with Gasteiger partial charge in [0.1, 0.15) is 0 Å². The lowest BCUT2D eigenvalue weighted by atomic mass is 9.76. The molecular weight excluding hydrogens is 226 g/mol. The van der Waals surface area contributed by atoms with Crippen LogP contribution in [0.3, 0.4) is 0 Å². The van der Waals surface area contributed by atoms with Gasteiger partial charge in [-0.3, -0.25) is 0 Å². The highest BCUT2D eigenvalue weighted by atomic mass is 16.7. The summed E-state index contributed by atoms with van der Waals surface area (Å²) in [5.41, 5.74) is 0.582. The molecular formula is C15H27NO2. The van der Waals surface area contributed by atoms with Crippen LogP contribution < -0.4 is 0 Å². The molecule has 0 radical (unpaired) electrons. The van der Waals surface area contributed by atoms with Crippen LogP contribution >= 0.6 is 0 Å². The maximum Gasteiger partial charge on any atom is 0.340 e. The zero-order valence-electron chi connectivity index (χ0n) is 12.6. The van der Waals surface area contributed by atoms with Gasteiger partial charge in [-0.05, 0) is 51.9 Å². The first-order chi connectivity index (χ1) is 8.21. The van der Waals surface area contributed by atoms with Gasteiger partial charge in [0.15, 0.2) is 0 Å². The van der Waals surface area contributed by atoms with Gasteiger partial charge >= 0.3 is 5.97 Å². The summed E-state index contributed by atoms with van der Waals surface area (Å²) in [5.74, 6) is 1.42. The molecule has 18 heavy (non-hydrogen) atoms. The Kier molecular flexibility index (Phi) is 4.94. The van der Waals surface area contributed by atoms with Crippen LogP contribution in [0.4, 0.5) is 0 Å². The molecule has 1 aliphatic carbocycles. The Bertz CT molecular complexity index is 326. The summed E-state index contributed by atoms with van der Waals surface area (Å²) < 4.78 is 0. The number of nitrogens with zero attached hydrogens (tertiary/aromatic N) is 1. The van der Waals surface area contributed by atoms with Gasteiger partial charge < -0.3 is 4.84 Å². The van der Waals surface area contributed by atoms with E-state index >= 15 is 0 Å². The lowest BCUT2D eigenvalue weighted by Crippen LogP contribution is -2.29. The van der Waals surface area contributed by atoms with Crippen molar-refractivity contribution in [2.24, 2.45) is 28.3 Å². The molecule has 0 N–H and O–H groups in total. The lowest BCUT2D eigenvalue weighted by molar-refractivity contribution is -0.153. The normalized spacial score (nSPS) is 27.6. The predicted octanol–water partition coefficient (Wildman–Crippen LogP) is 4.02. The van der Waals surface area contributed by atoms with E-state index < -0.39 is 5.41 Å². The van der Waals surface area contributed by atoms with Gasteiger partial charge in [-0.15, -0.1) is 0 Å². The number of carbonyl (C=O) groups is 1. The quantitative estimate of drug-likeness (QED) is 0.550. The third-order valence-electron chi connectivity index (χ3n) is 3.62. The standard InChI is InChI=1S/C15H27NO2/c1-10(2)12-8-7-11(3)9-13(12)16-18-14(17)15(4,5)6/h10-12H,7-9H2,1-6H3/b16-13+/t11-,12+/m1/s1. The van der Waals surface area contributed by atoms with Gasteiger partial charge in [0.25, 0.3) is 0 Å². The molecule has 0 aromatic carbocycles. The topological polar surface area (TPSA) is 38.7 Å². The fourth-order valence-electron chi connectivity index (χ4n) is 2.30. The molecule has 1 rings (SSSR count). The van der Waals surface area contributed by atoms with Crippen LogP contribution in [0.15, 0.2) is 5.16 Å². The van der Waals surface area contributed by atoms with E-state index in [4.69, 9.17) is 4.84 Å². The van der Waals surface area contributed by atoms with E-state index in [-0.39, 0.29) is 5.97 Å². The average Bonchev–Trinajstić information content (AvgIpc) is 2.24. The molecule has 0 amide bonds. The van der Waals surface area contributed by atoms with Gasteiger partial charge in [-0.25, -0.2) is 4.79 Å². The third kappa shape index (κ3) is 4.11. The smallest absolute Gasteiger partial charge is 0.318 e. The van der Waals surface area contributed by atoms with Crippen molar-refractivity contribution >= 4 is 11.7 Å². The molecule has 1 aliphatic rings. The van der Waals surface area contributed by atoms with Crippen molar-refractivity contribution in [1.82, 2.24) is 0 Å². The third-order valence-corrected chi connectivity index (χ3v) is 3.62. The van der Waals surface area contributed by atoms with Crippen molar-refractivity contribution in [1.29, 1.82) is 0 Å². The molecule has 2 atom stereocenters. The second-order valence-electron chi connectivity index (χ2n) is 6.95. The first kappa shape index (κ1) is 15.2. The minimum atomic E-state index is -0.488. The van der Waals surface area contributed by atoms with Crippen LogP contribution in [0, 0.1) is 23.2 Å². The van der Waals surface area contributed by atoms with Gasteiger partial charge in [-0.1, -0.05) is 25.9 Å². The highest BCUT2D eigenvalue weighted by Crippen LogP contribution is 2.31. The Balaban J connectivity index is 2.73. The largest absolute Gasteiger partial charge is 0.340 e. The van der Waals surface area contributed by atoms with Crippen LogP contribution in [0.25, 0.3) is 0 Å². The predicted molar refractivity (Wildman–Crippen MR) is 74.3 cm³/mol. The molecule has 0 unspecified atom stereocenters. The van der Waals surface area contributed by atoms with Gasteiger partial charge in [-0.2, -0.15) is 0 Å².